The molecule has 3 unspecified atom stereocenters. The molecule has 0 fully saturated rings. The summed E-state index contributed by atoms with van der Waals surface area (Å²) in [5.41, 5.74) is 0. The fourth-order valence-electron chi connectivity index (χ4n) is 7.45. The van der Waals surface area contributed by atoms with Gasteiger partial charge in [-0.25, -0.2) is 0 Å². The van der Waals surface area contributed by atoms with Crippen molar-refractivity contribution in [2.24, 2.45) is 0 Å². The van der Waals surface area contributed by atoms with Crippen molar-refractivity contribution in [1.82, 2.24) is 5.32 Å². The van der Waals surface area contributed by atoms with E-state index in [4.69, 9.17) is 9.05 Å². The third kappa shape index (κ3) is 48.1. The summed E-state index contributed by atoms with van der Waals surface area (Å²) in [5, 5.41) is 13.8. The third-order valence-electron chi connectivity index (χ3n) is 11.7. The fraction of sp³-hybridized carbons (Fsp3) is 0.800. The van der Waals surface area contributed by atoms with E-state index in [1.54, 1.807) is 6.08 Å². The molecule has 0 aromatic carbocycles. The molecule has 1 amide bonds. The Morgan fingerprint density at radius 3 is 1.36 bits per heavy atom. The smallest absolute Gasteiger partial charge is 0.268 e. The summed E-state index contributed by atoms with van der Waals surface area (Å²) >= 11 is 0. The third-order valence-corrected chi connectivity index (χ3v) is 12.6. The Morgan fingerprint density at radius 2 is 0.922 bits per heavy atom. The van der Waals surface area contributed by atoms with Crippen molar-refractivity contribution in [1.29, 1.82) is 0 Å². The van der Waals surface area contributed by atoms with E-state index in [0.717, 1.165) is 51.4 Å². The predicted octanol–water partition coefficient (Wildman–Crippen LogP) is 15.1. The molecule has 0 aliphatic heterocycles. The number of likely N-dealkylation sites (N-methyl/N-ethyl adjacent to an activating group) is 1. The number of rotatable bonds is 48. The minimum Gasteiger partial charge on any atom is -0.756 e. The van der Waals surface area contributed by atoms with Gasteiger partial charge >= 0.3 is 0 Å². The molecular weight excluding hydrogens is 816 g/mol. The first kappa shape index (κ1) is 62.2. The van der Waals surface area contributed by atoms with Crippen LogP contribution in [0.5, 0.6) is 0 Å². The lowest BCUT2D eigenvalue weighted by molar-refractivity contribution is -0.870. The van der Waals surface area contributed by atoms with Gasteiger partial charge in [0, 0.05) is 6.42 Å². The van der Waals surface area contributed by atoms with Crippen molar-refractivity contribution >= 4 is 13.7 Å². The van der Waals surface area contributed by atoms with Gasteiger partial charge in [0.25, 0.3) is 7.82 Å². The monoisotopic (exact) mass is 919 g/mol. The highest BCUT2D eigenvalue weighted by Crippen LogP contribution is 2.38. The Labute approximate surface area is 396 Å². The average Bonchev–Trinajstić information content (AvgIpc) is 3.25. The van der Waals surface area contributed by atoms with Crippen LogP contribution in [0.15, 0.2) is 60.8 Å². The van der Waals surface area contributed by atoms with E-state index in [9.17, 15) is 19.4 Å². The van der Waals surface area contributed by atoms with Crippen molar-refractivity contribution in [2.75, 3.05) is 40.9 Å². The van der Waals surface area contributed by atoms with E-state index in [-0.39, 0.29) is 12.5 Å². The van der Waals surface area contributed by atoms with Crippen LogP contribution in [0.4, 0.5) is 0 Å². The van der Waals surface area contributed by atoms with Crippen LogP contribution < -0.4 is 10.2 Å². The molecule has 0 spiro atoms. The van der Waals surface area contributed by atoms with Crippen LogP contribution in [0, 0.1) is 0 Å². The Morgan fingerprint density at radius 1 is 0.547 bits per heavy atom. The second kappa shape index (κ2) is 46.3. The van der Waals surface area contributed by atoms with Gasteiger partial charge in [0.1, 0.15) is 13.2 Å². The number of hydrogen-bond donors (Lipinski definition) is 2. The molecule has 0 radical (unpaired) electrons. The molecule has 0 aliphatic carbocycles. The summed E-state index contributed by atoms with van der Waals surface area (Å²) < 4.78 is 23.3. The first-order valence-electron chi connectivity index (χ1n) is 26.7. The second-order valence-corrected chi connectivity index (χ2v) is 20.6. The van der Waals surface area contributed by atoms with Crippen molar-refractivity contribution in [3.8, 4) is 0 Å². The van der Waals surface area contributed by atoms with Gasteiger partial charge in [0.15, 0.2) is 0 Å². The van der Waals surface area contributed by atoms with E-state index >= 15 is 0 Å². The summed E-state index contributed by atoms with van der Waals surface area (Å²) in [6.07, 6.45) is 61.5. The standard InChI is InChI=1S/C55H103N2O6P/c1-6-8-10-12-14-16-18-20-22-23-24-25-26-27-28-29-30-31-32-33-35-37-39-41-43-45-47-49-55(59)56-53(52-63-64(60,61)62-51-50-57(3,4)5)54(58)48-46-44-42-40-38-36-34-21-19-17-15-13-11-9-7-2/h18-21,23-24,38,40,46,48,53-54,58H,6-17,22,25-37,39,41-45,47,49-52H2,1-5H3,(H-,56,59,60,61)/b20-18-,21-19+,24-23-,40-38+,48-46+. The van der Waals surface area contributed by atoms with Gasteiger partial charge in [-0.2, -0.15) is 0 Å². The maximum absolute atomic E-state index is 12.9. The molecule has 9 heteroatoms. The molecule has 0 saturated heterocycles. The zero-order chi connectivity index (χ0) is 47.1. The molecule has 0 aromatic heterocycles. The number of carbonyl (C=O) groups excluding carboxylic acids is 1. The van der Waals surface area contributed by atoms with Crippen molar-refractivity contribution in [3.63, 3.8) is 0 Å². The van der Waals surface area contributed by atoms with Gasteiger partial charge in [0.05, 0.1) is 39.9 Å². The predicted molar refractivity (Wildman–Crippen MR) is 274 cm³/mol. The normalized spacial score (nSPS) is 14.5. The summed E-state index contributed by atoms with van der Waals surface area (Å²) in [4.78, 5) is 25.4. The average molecular weight is 919 g/mol. The van der Waals surface area contributed by atoms with E-state index in [2.05, 4.69) is 67.8 Å². The summed E-state index contributed by atoms with van der Waals surface area (Å²) in [7, 11) is 1.23. The fourth-order valence-corrected chi connectivity index (χ4v) is 8.17. The second-order valence-electron chi connectivity index (χ2n) is 19.2. The maximum Gasteiger partial charge on any atom is 0.268 e. The Balaban J connectivity index is 4.23. The summed E-state index contributed by atoms with van der Waals surface area (Å²) in [6.45, 7) is 4.60. The van der Waals surface area contributed by atoms with E-state index < -0.39 is 26.6 Å². The SMILES string of the molecule is CCCCCCC/C=C\C/C=C\CCCCCCCCCCCCCCCCCC(=O)NC(COP(=O)([O-])OCC[N+](C)(C)C)C(O)/C=C/CC/C=C/CC/C=C/CCCCCCC. The molecular formula is C55H103N2O6P. The van der Waals surface area contributed by atoms with Crippen LogP contribution in [-0.4, -0.2) is 68.5 Å². The Kier molecular flexibility index (Phi) is 45.0. The van der Waals surface area contributed by atoms with Gasteiger partial charge in [-0.3, -0.25) is 9.36 Å². The molecule has 0 heterocycles. The highest BCUT2D eigenvalue weighted by molar-refractivity contribution is 7.45. The number of allylic oxidation sites excluding steroid dienone is 9. The van der Waals surface area contributed by atoms with Crippen molar-refractivity contribution in [2.45, 2.75) is 244 Å². The van der Waals surface area contributed by atoms with Crippen LogP contribution in [0.25, 0.3) is 0 Å². The topological polar surface area (TPSA) is 108 Å². The number of nitrogens with one attached hydrogen (secondary N) is 1. The molecule has 0 aromatic rings. The molecule has 3 atom stereocenters. The van der Waals surface area contributed by atoms with Crippen LogP contribution in [0.2, 0.25) is 0 Å². The lowest BCUT2D eigenvalue weighted by Crippen LogP contribution is -2.45. The van der Waals surface area contributed by atoms with Gasteiger partial charge in [-0.05, 0) is 77.0 Å². The minimum absolute atomic E-state index is 0.0102. The van der Waals surface area contributed by atoms with Crippen molar-refractivity contribution < 1.29 is 32.9 Å². The first-order chi connectivity index (χ1) is 31.0. The van der Waals surface area contributed by atoms with Gasteiger partial charge in [-0.15, -0.1) is 0 Å². The quantitative estimate of drug-likeness (QED) is 0.0272. The number of aliphatic hydroxyl groups is 1. The lowest BCUT2D eigenvalue weighted by atomic mass is 10.0. The molecule has 2 N–H and O–H groups in total. The number of unbranched alkanes of at least 4 members (excludes halogenated alkanes) is 27. The van der Waals surface area contributed by atoms with Gasteiger partial charge in [0.2, 0.25) is 5.91 Å². The van der Waals surface area contributed by atoms with Crippen LogP contribution >= 0.6 is 7.82 Å². The van der Waals surface area contributed by atoms with Gasteiger partial charge < -0.3 is 28.8 Å². The Bertz CT molecular complexity index is 1230. The molecule has 0 bridgehead atoms. The number of phosphoric acid groups is 1. The number of phosphoric ester groups is 1. The first-order valence-corrected chi connectivity index (χ1v) is 28.1. The highest BCUT2D eigenvalue weighted by atomic mass is 31.2. The summed E-state index contributed by atoms with van der Waals surface area (Å²) in [6, 6.07) is -0.910. The maximum atomic E-state index is 12.9. The van der Waals surface area contributed by atoms with E-state index in [1.165, 1.54) is 161 Å². The molecule has 0 aliphatic rings. The number of nitrogens with zero attached hydrogens (tertiary/aromatic N) is 1. The lowest BCUT2D eigenvalue weighted by Gasteiger charge is -2.29. The minimum atomic E-state index is -4.60. The molecule has 0 saturated carbocycles. The summed E-state index contributed by atoms with van der Waals surface area (Å²) in [5.74, 6) is -0.212. The molecule has 8 nitrogen and oxygen atoms in total. The van der Waals surface area contributed by atoms with Crippen LogP contribution in [-0.2, 0) is 18.4 Å². The Hall–Kier alpha value is -1.80. The van der Waals surface area contributed by atoms with Crippen LogP contribution in [0.1, 0.15) is 232 Å². The molecule has 374 valence electrons. The molecule has 0 rings (SSSR count). The highest BCUT2D eigenvalue weighted by Gasteiger charge is 2.23. The van der Waals surface area contributed by atoms with E-state index in [1.807, 2.05) is 27.2 Å². The zero-order valence-corrected chi connectivity index (χ0v) is 43.4. The zero-order valence-electron chi connectivity index (χ0n) is 42.5. The number of carbonyl (C=O) groups is 1. The number of quaternary nitrogens is 1. The van der Waals surface area contributed by atoms with E-state index in [0.29, 0.717) is 17.4 Å². The number of amides is 1. The van der Waals surface area contributed by atoms with Crippen LogP contribution in [0.3, 0.4) is 0 Å². The molecule has 64 heavy (non-hydrogen) atoms. The number of aliphatic hydroxyl groups excluding tert-OH is 1. The van der Waals surface area contributed by atoms with Gasteiger partial charge in [-0.1, -0.05) is 209 Å². The van der Waals surface area contributed by atoms with Crippen molar-refractivity contribution in [3.05, 3.63) is 60.8 Å². The largest absolute Gasteiger partial charge is 0.756 e. The number of hydrogen-bond acceptors (Lipinski definition) is 6.